The fourth-order valence-corrected chi connectivity index (χ4v) is 1.01. The van der Waals surface area contributed by atoms with Crippen molar-refractivity contribution in [3.05, 3.63) is 29.1 Å². The summed E-state index contributed by atoms with van der Waals surface area (Å²) in [5, 5.41) is 8.57. The number of halogens is 3. The van der Waals surface area contributed by atoms with Crippen molar-refractivity contribution >= 4 is 0 Å². The van der Waals surface area contributed by atoms with Crippen molar-refractivity contribution in [1.82, 2.24) is 0 Å². The molecule has 0 bridgehead atoms. The Hall–Kier alpha value is -1.70. The number of ether oxygens (including phenoxy) is 1. The summed E-state index contributed by atoms with van der Waals surface area (Å²) in [6.07, 6.45) is 0.573. The Bertz CT molecular complexity index is 412. The van der Waals surface area contributed by atoms with Gasteiger partial charge in [-0.05, 0) is 12.5 Å². The molecule has 0 aromatic heterocycles. The minimum Gasteiger partial charge on any atom is -0.489 e. The highest BCUT2D eigenvalue weighted by atomic mass is 19.2. The second-order valence-corrected chi connectivity index (χ2v) is 2.82. The van der Waals surface area contributed by atoms with Gasteiger partial charge < -0.3 is 4.74 Å². The van der Waals surface area contributed by atoms with Gasteiger partial charge >= 0.3 is 0 Å². The molecular weight excluding hydrogens is 207 g/mol. The van der Waals surface area contributed by atoms with E-state index in [-0.39, 0.29) is 12.2 Å². The third kappa shape index (κ3) is 2.21. The normalized spacial score (nSPS) is 9.80. The van der Waals surface area contributed by atoms with E-state index in [0.717, 1.165) is 0 Å². The van der Waals surface area contributed by atoms with Crippen molar-refractivity contribution in [2.45, 2.75) is 13.3 Å². The predicted octanol–water partition coefficient (Wildman–Crippen LogP) is 2.76. The first-order valence-corrected chi connectivity index (χ1v) is 4.32. The molecule has 0 amide bonds. The summed E-state index contributed by atoms with van der Waals surface area (Å²) in [4.78, 5) is 0. The number of nitriles is 1. The molecule has 0 unspecified atom stereocenters. The lowest BCUT2D eigenvalue weighted by molar-refractivity contribution is 0.290. The molecule has 0 aliphatic heterocycles. The molecule has 0 spiro atoms. The molecule has 1 rings (SSSR count). The van der Waals surface area contributed by atoms with Crippen molar-refractivity contribution in [3.8, 4) is 11.8 Å². The molecule has 0 heterocycles. The molecule has 0 aliphatic rings. The first-order chi connectivity index (χ1) is 7.11. The highest BCUT2D eigenvalue weighted by Gasteiger charge is 2.19. The third-order valence-corrected chi connectivity index (χ3v) is 1.69. The number of hydrogen-bond donors (Lipinski definition) is 0. The Labute approximate surface area is 84.9 Å². The van der Waals surface area contributed by atoms with Crippen LogP contribution >= 0.6 is 0 Å². The monoisotopic (exact) mass is 215 g/mol. The summed E-state index contributed by atoms with van der Waals surface area (Å²) in [6.45, 7) is 1.90. The first kappa shape index (κ1) is 11.4. The molecule has 15 heavy (non-hydrogen) atoms. The molecule has 1 aromatic carbocycles. The van der Waals surface area contributed by atoms with Crippen LogP contribution in [0.1, 0.15) is 18.9 Å². The zero-order valence-electron chi connectivity index (χ0n) is 7.98. The minimum absolute atomic E-state index is 0.136. The summed E-state index contributed by atoms with van der Waals surface area (Å²) in [6, 6.07) is 2.16. The van der Waals surface area contributed by atoms with Gasteiger partial charge in [-0.15, -0.1) is 0 Å². The molecule has 80 valence electrons. The molecule has 0 saturated carbocycles. The van der Waals surface area contributed by atoms with Gasteiger partial charge in [-0.3, -0.25) is 0 Å². The molecule has 2 nitrogen and oxygen atoms in total. The number of rotatable bonds is 3. The van der Waals surface area contributed by atoms with Crippen LogP contribution in [0.3, 0.4) is 0 Å². The summed E-state index contributed by atoms with van der Waals surface area (Å²) in [5.74, 6) is -5.01. The van der Waals surface area contributed by atoms with Gasteiger partial charge in [-0.25, -0.2) is 8.78 Å². The van der Waals surface area contributed by atoms with Crippen LogP contribution in [0.4, 0.5) is 13.2 Å². The first-order valence-electron chi connectivity index (χ1n) is 4.32. The van der Waals surface area contributed by atoms with Gasteiger partial charge in [0.1, 0.15) is 11.6 Å². The zero-order chi connectivity index (χ0) is 11.4. The highest BCUT2D eigenvalue weighted by Crippen LogP contribution is 2.26. The van der Waals surface area contributed by atoms with Crippen LogP contribution < -0.4 is 4.74 Å². The Kier molecular flexibility index (Phi) is 3.56. The van der Waals surface area contributed by atoms with Gasteiger partial charge in [0.05, 0.1) is 6.61 Å². The van der Waals surface area contributed by atoms with Crippen LogP contribution in [0.2, 0.25) is 0 Å². The molecule has 5 heteroatoms. The van der Waals surface area contributed by atoms with Crippen molar-refractivity contribution in [3.63, 3.8) is 0 Å². The Morgan fingerprint density at radius 1 is 1.33 bits per heavy atom. The number of benzene rings is 1. The van der Waals surface area contributed by atoms with Crippen LogP contribution in [0.5, 0.6) is 5.75 Å². The van der Waals surface area contributed by atoms with E-state index in [1.165, 1.54) is 0 Å². The maximum atomic E-state index is 13.1. The second kappa shape index (κ2) is 4.69. The van der Waals surface area contributed by atoms with E-state index in [1.807, 2.05) is 0 Å². The van der Waals surface area contributed by atoms with Gasteiger partial charge in [-0.2, -0.15) is 9.65 Å². The van der Waals surface area contributed by atoms with E-state index >= 15 is 0 Å². The fourth-order valence-electron chi connectivity index (χ4n) is 1.01. The lowest BCUT2D eigenvalue weighted by atomic mass is 10.2. The van der Waals surface area contributed by atoms with Gasteiger partial charge in [0.15, 0.2) is 17.4 Å². The Balaban J connectivity index is 3.23. The lowest BCUT2D eigenvalue weighted by Gasteiger charge is -2.08. The highest BCUT2D eigenvalue weighted by molar-refractivity contribution is 5.44. The molecule has 0 atom stereocenters. The van der Waals surface area contributed by atoms with Crippen LogP contribution in [-0.4, -0.2) is 6.61 Å². The molecule has 0 aliphatic carbocycles. The smallest absolute Gasteiger partial charge is 0.205 e. The van der Waals surface area contributed by atoms with Gasteiger partial charge in [0, 0.05) is 0 Å². The number of hydrogen-bond acceptors (Lipinski definition) is 2. The van der Waals surface area contributed by atoms with Crippen molar-refractivity contribution in [1.29, 1.82) is 5.26 Å². The van der Waals surface area contributed by atoms with Crippen LogP contribution in [0, 0.1) is 28.8 Å². The van der Waals surface area contributed by atoms with Crippen LogP contribution in [0.15, 0.2) is 6.07 Å². The maximum Gasteiger partial charge on any atom is 0.205 e. The predicted molar refractivity (Wildman–Crippen MR) is 46.8 cm³/mol. The fraction of sp³-hybridized carbons (Fsp3) is 0.300. The quantitative estimate of drug-likeness (QED) is 0.726. The molecule has 0 radical (unpaired) electrons. The van der Waals surface area contributed by atoms with E-state index in [0.29, 0.717) is 12.5 Å². The maximum absolute atomic E-state index is 13.1. The van der Waals surface area contributed by atoms with E-state index in [4.69, 9.17) is 10.00 Å². The van der Waals surface area contributed by atoms with Crippen molar-refractivity contribution < 1.29 is 17.9 Å². The van der Waals surface area contributed by atoms with Crippen LogP contribution in [-0.2, 0) is 0 Å². The third-order valence-electron chi connectivity index (χ3n) is 1.69. The SMILES string of the molecule is CCCOc1c(C#N)cc(F)c(F)c1F. The molecule has 0 N–H and O–H groups in total. The van der Waals surface area contributed by atoms with E-state index in [1.54, 1.807) is 13.0 Å². The largest absolute Gasteiger partial charge is 0.489 e. The summed E-state index contributed by atoms with van der Waals surface area (Å²) in [7, 11) is 0. The molecule has 1 aromatic rings. The minimum atomic E-state index is -1.62. The van der Waals surface area contributed by atoms with Gasteiger partial charge in [0.25, 0.3) is 0 Å². The van der Waals surface area contributed by atoms with Crippen molar-refractivity contribution in [2.75, 3.05) is 6.61 Å². The van der Waals surface area contributed by atoms with E-state index < -0.39 is 23.2 Å². The van der Waals surface area contributed by atoms with Crippen LogP contribution in [0.25, 0.3) is 0 Å². The number of nitrogens with zero attached hydrogens (tertiary/aromatic N) is 1. The summed E-state index contributed by atoms with van der Waals surface area (Å²) in [5.41, 5.74) is -0.347. The Morgan fingerprint density at radius 2 is 2.00 bits per heavy atom. The van der Waals surface area contributed by atoms with Crippen molar-refractivity contribution in [2.24, 2.45) is 0 Å². The van der Waals surface area contributed by atoms with Gasteiger partial charge in [0.2, 0.25) is 5.82 Å². The van der Waals surface area contributed by atoms with Gasteiger partial charge in [-0.1, -0.05) is 6.92 Å². The summed E-state index contributed by atoms with van der Waals surface area (Å²) < 4.78 is 43.5. The average Bonchev–Trinajstić information content (AvgIpc) is 2.24. The van der Waals surface area contributed by atoms with E-state index in [2.05, 4.69) is 0 Å². The second-order valence-electron chi connectivity index (χ2n) is 2.82. The lowest BCUT2D eigenvalue weighted by Crippen LogP contribution is -2.03. The topological polar surface area (TPSA) is 33.0 Å². The average molecular weight is 215 g/mol. The zero-order valence-corrected chi connectivity index (χ0v) is 7.98. The summed E-state index contributed by atoms with van der Waals surface area (Å²) >= 11 is 0. The standard InChI is InChI=1S/C10H8F3NO/c1-2-3-15-10-6(5-14)4-7(11)8(12)9(10)13/h4H,2-3H2,1H3. The Morgan fingerprint density at radius 3 is 2.53 bits per heavy atom. The molecule has 0 fully saturated rings. The molecule has 0 saturated heterocycles. The molecular formula is C10H8F3NO. The van der Waals surface area contributed by atoms with E-state index in [9.17, 15) is 13.2 Å².